The van der Waals surface area contributed by atoms with Crippen LogP contribution in [0.5, 0.6) is 11.5 Å². The first-order chi connectivity index (χ1) is 24.2. The summed E-state index contributed by atoms with van der Waals surface area (Å²) >= 11 is 0. The maximum absolute atomic E-state index is 7.09. The summed E-state index contributed by atoms with van der Waals surface area (Å²) in [6.07, 6.45) is 7.05. The monoisotopic (exact) mass is 670 g/mol. The minimum Gasteiger partial charge on any atom is -0.458 e. The Balaban J connectivity index is 1.36. The van der Waals surface area contributed by atoms with E-state index in [1.165, 1.54) is 92.3 Å². The number of ether oxygens (including phenoxy) is 1. The first-order valence-electron chi connectivity index (χ1n) is 19.3. The van der Waals surface area contributed by atoms with Gasteiger partial charge in [0.15, 0.2) is 0 Å². The minimum atomic E-state index is 0.00868. The van der Waals surface area contributed by atoms with Gasteiger partial charge in [0.1, 0.15) is 17.3 Å². The van der Waals surface area contributed by atoms with Crippen LogP contribution in [-0.4, -0.2) is 11.7 Å². The lowest BCUT2D eigenvalue weighted by Gasteiger charge is -2.40. The fraction of sp³-hybridized carbons (Fsp3) is 0.383. The largest absolute Gasteiger partial charge is 0.458 e. The Morgan fingerprint density at radius 1 is 0.588 bits per heavy atom. The molecule has 0 atom stereocenters. The second kappa shape index (κ2) is 11.1. The smallest absolute Gasteiger partial charge is 0.258 e. The molecule has 3 heterocycles. The van der Waals surface area contributed by atoms with Crippen LogP contribution in [0.3, 0.4) is 0 Å². The second-order valence-electron chi connectivity index (χ2n) is 18.7. The number of pyridine rings is 1. The molecule has 51 heavy (non-hydrogen) atoms. The van der Waals surface area contributed by atoms with E-state index in [2.05, 4.69) is 140 Å². The van der Waals surface area contributed by atoms with Gasteiger partial charge in [0.2, 0.25) is 0 Å². The molecule has 9 rings (SSSR count). The Morgan fingerprint density at radius 2 is 1.16 bits per heavy atom. The quantitative estimate of drug-likeness (QED) is 0.171. The summed E-state index contributed by atoms with van der Waals surface area (Å²) in [6.45, 7) is 20.7. The van der Waals surface area contributed by atoms with Gasteiger partial charge < -0.3 is 4.74 Å². The molecule has 0 saturated heterocycles. The fourth-order valence-electron chi connectivity index (χ4n) is 9.17. The highest BCUT2D eigenvalue weighted by Gasteiger charge is 2.44. The van der Waals surface area contributed by atoms with Gasteiger partial charge in [-0.05, 0) is 129 Å². The van der Waals surface area contributed by atoms with E-state index in [0.717, 1.165) is 41.5 Å². The van der Waals surface area contributed by atoms with Crippen molar-refractivity contribution in [1.82, 2.24) is 4.98 Å². The maximum atomic E-state index is 7.09. The minimum absolute atomic E-state index is 0.00868. The van der Waals surface area contributed by atoms with Crippen LogP contribution in [0.1, 0.15) is 114 Å². The van der Waals surface area contributed by atoms with Crippen molar-refractivity contribution in [1.29, 1.82) is 0 Å². The predicted octanol–water partition coefficient (Wildman–Crippen LogP) is 10.0. The van der Waals surface area contributed by atoms with Gasteiger partial charge in [-0.1, -0.05) is 105 Å². The van der Waals surface area contributed by atoms with Gasteiger partial charge in [-0.25, -0.2) is 4.98 Å². The Labute approximate surface area is 305 Å². The number of benzene rings is 4. The Kier molecular flexibility index (Phi) is 7.09. The van der Waals surface area contributed by atoms with E-state index in [0.29, 0.717) is 0 Å². The normalized spacial score (nSPS) is 15.9. The molecule has 0 saturated carbocycles. The molecule has 0 spiro atoms. The Bertz CT molecular complexity index is 2210. The van der Waals surface area contributed by atoms with E-state index in [1.54, 1.807) is 0 Å². The van der Waals surface area contributed by atoms with E-state index < -0.39 is 0 Å². The molecule has 258 valence electrons. The molecule has 0 bridgehead atoms. The average Bonchev–Trinajstić information content (AvgIpc) is 3.75. The van der Waals surface area contributed by atoms with Crippen molar-refractivity contribution >= 4 is 40.3 Å². The summed E-state index contributed by atoms with van der Waals surface area (Å²) in [5.41, 5.74) is 18.7. The molecule has 2 aliphatic carbocycles. The van der Waals surface area contributed by atoms with Crippen molar-refractivity contribution in [3.05, 3.63) is 112 Å². The third kappa shape index (κ3) is 5.19. The molecule has 4 heteroatoms. The first kappa shape index (κ1) is 32.6. The van der Waals surface area contributed by atoms with Crippen LogP contribution in [0.25, 0.3) is 11.3 Å². The number of aryl methyl sites for hydroxylation is 2. The summed E-state index contributed by atoms with van der Waals surface area (Å²) in [5, 5.41) is 0. The SMILES string of the molecule is CC(C)(C)c1ccc(N2c3ccc(C(C)(C)C)cc3B3c4cc(C(C)(C)C)ccc4Oc4cc(-c5c6c(cc7c5CCC7)CCC6)nc2c43)cc1. The van der Waals surface area contributed by atoms with Gasteiger partial charge in [0.25, 0.3) is 6.71 Å². The van der Waals surface area contributed by atoms with Crippen LogP contribution < -0.4 is 26.0 Å². The van der Waals surface area contributed by atoms with Gasteiger partial charge in [-0.2, -0.15) is 0 Å². The lowest BCUT2D eigenvalue weighted by molar-refractivity contribution is 0.486. The number of fused-ring (bicyclic) bond motifs is 6. The molecule has 4 aromatic carbocycles. The van der Waals surface area contributed by atoms with E-state index in [4.69, 9.17) is 9.72 Å². The van der Waals surface area contributed by atoms with E-state index >= 15 is 0 Å². The van der Waals surface area contributed by atoms with Gasteiger partial charge in [-0.3, -0.25) is 4.90 Å². The van der Waals surface area contributed by atoms with Crippen LogP contribution in [-0.2, 0) is 41.9 Å². The summed E-state index contributed by atoms with van der Waals surface area (Å²) in [4.78, 5) is 8.26. The lowest BCUT2D eigenvalue weighted by atomic mass is 9.34. The van der Waals surface area contributed by atoms with E-state index in [-0.39, 0.29) is 23.0 Å². The van der Waals surface area contributed by atoms with Crippen molar-refractivity contribution in [3.63, 3.8) is 0 Å². The van der Waals surface area contributed by atoms with Crippen LogP contribution in [0, 0.1) is 0 Å². The molecule has 3 nitrogen and oxygen atoms in total. The van der Waals surface area contributed by atoms with Crippen LogP contribution in [0.2, 0.25) is 0 Å². The fourth-order valence-corrected chi connectivity index (χ4v) is 9.17. The van der Waals surface area contributed by atoms with Gasteiger partial charge in [-0.15, -0.1) is 0 Å². The molecule has 4 aliphatic rings. The molecule has 0 amide bonds. The van der Waals surface area contributed by atoms with Gasteiger partial charge in [0.05, 0.1) is 5.69 Å². The zero-order valence-corrected chi connectivity index (χ0v) is 32.1. The highest BCUT2D eigenvalue weighted by molar-refractivity contribution is 6.99. The molecule has 0 fully saturated rings. The summed E-state index contributed by atoms with van der Waals surface area (Å²) < 4.78 is 7.09. The van der Waals surface area contributed by atoms with Crippen molar-refractivity contribution in [2.24, 2.45) is 0 Å². The molecule has 1 aromatic heterocycles. The molecule has 5 aromatic rings. The highest BCUT2D eigenvalue weighted by atomic mass is 16.5. The van der Waals surface area contributed by atoms with Crippen molar-refractivity contribution in [2.45, 2.75) is 117 Å². The lowest BCUT2D eigenvalue weighted by Crippen LogP contribution is -2.60. The molecular formula is C47H51BN2O. The van der Waals surface area contributed by atoms with Gasteiger partial charge >= 0.3 is 0 Å². The number of rotatable bonds is 2. The van der Waals surface area contributed by atoms with Crippen LogP contribution in [0.4, 0.5) is 17.2 Å². The third-order valence-electron chi connectivity index (χ3n) is 12.1. The first-order valence-corrected chi connectivity index (χ1v) is 19.3. The molecule has 0 unspecified atom stereocenters. The predicted molar refractivity (Wildman–Crippen MR) is 216 cm³/mol. The number of hydrogen-bond donors (Lipinski definition) is 0. The van der Waals surface area contributed by atoms with Crippen molar-refractivity contribution in [2.75, 3.05) is 4.90 Å². The zero-order valence-electron chi connectivity index (χ0n) is 32.1. The van der Waals surface area contributed by atoms with Crippen molar-refractivity contribution < 1.29 is 4.74 Å². The Hall–Kier alpha value is -4.31. The molecule has 2 aliphatic heterocycles. The molecular weight excluding hydrogens is 619 g/mol. The summed E-state index contributed by atoms with van der Waals surface area (Å²) in [5.74, 6) is 2.91. The van der Waals surface area contributed by atoms with E-state index in [9.17, 15) is 0 Å². The Morgan fingerprint density at radius 3 is 1.76 bits per heavy atom. The number of aromatic nitrogens is 1. The second-order valence-corrected chi connectivity index (χ2v) is 18.7. The summed E-state index contributed by atoms with van der Waals surface area (Å²) in [7, 11) is 0. The highest BCUT2D eigenvalue weighted by Crippen LogP contribution is 2.46. The zero-order chi connectivity index (χ0) is 35.6. The van der Waals surface area contributed by atoms with Crippen LogP contribution in [0.15, 0.2) is 72.8 Å². The number of nitrogens with zero attached hydrogens (tertiary/aromatic N) is 2. The number of hydrogen-bond acceptors (Lipinski definition) is 3. The number of anilines is 3. The van der Waals surface area contributed by atoms with Gasteiger partial charge in [0, 0.05) is 28.5 Å². The topological polar surface area (TPSA) is 25.4 Å². The maximum Gasteiger partial charge on any atom is 0.258 e. The standard InChI is InChI=1S/C47H51BN2O/c1-45(2,3)30-16-20-33(21-17-30)50-39-22-18-31(46(4,5)6)25-36(39)48-37-26-32(47(7,8)9)19-23-40(37)51-41-27-38(49-44(50)43(41)48)42-34-14-10-12-28(34)24-29-13-11-15-35(29)42/h16-27H,10-15H2,1-9H3. The average molecular weight is 671 g/mol. The van der Waals surface area contributed by atoms with Crippen molar-refractivity contribution in [3.8, 4) is 22.8 Å². The van der Waals surface area contributed by atoms with Crippen LogP contribution >= 0.6 is 0 Å². The van der Waals surface area contributed by atoms with E-state index in [1.807, 2.05) is 0 Å². The molecule has 0 N–H and O–H groups in total. The summed E-state index contributed by atoms with van der Waals surface area (Å²) in [6, 6.07) is 28.1. The third-order valence-corrected chi connectivity index (χ3v) is 12.1. The molecule has 0 radical (unpaired) electrons.